The minimum absolute atomic E-state index is 0.451. The Labute approximate surface area is 115 Å². The SMILES string of the molecule is CC(C)c1cc(N2CCN(CCCN)CC2)ncn1. The molecule has 2 N–H and O–H groups in total. The Morgan fingerprint density at radius 2 is 1.95 bits per heavy atom. The maximum absolute atomic E-state index is 5.55. The van der Waals surface area contributed by atoms with Gasteiger partial charge < -0.3 is 10.6 Å². The van der Waals surface area contributed by atoms with Gasteiger partial charge >= 0.3 is 0 Å². The Kier molecular flexibility index (Phi) is 5.10. The third kappa shape index (κ3) is 3.88. The number of aromatic nitrogens is 2. The Bertz CT molecular complexity index is 385. The van der Waals surface area contributed by atoms with E-state index in [2.05, 4.69) is 39.7 Å². The molecule has 0 amide bonds. The molecule has 0 atom stereocenters. The van der Waals surface area contributed by atoms with Crippen LogP contribution in [0.3, 0.4) is 0 Å². The summed E-state index contributed by atoms with van der Waals surface area (Å²) in [4.78, 5) is 13.6. The standard InChI is InChI=1S/C14H25N5/c1-12(2)13-10-14(17-11-16-13)19-8-6-18(7-9-19)5-3-4-15/h10-12H,3-9,15H2,1-2H3. The molecular formula is C14H25N5. The molecule has 5 heteroatoms. The van der Waals surface area contributed by atoms with Gasteiger partial charge in [0, 0.05) is 37.9 Å². The van der Waals surface area contributed by atoms with E-state index < -0.39 is 0 Å². The number of hydrogen-bond acceptors (Lipinski definition) is 5. The molecule has 1 aliphatic heterocycles. The lowest BCUT2D eigenvalue weighted by Gasteiger charge is -2.35. The van der Waals surface area contributed by atoms with Gasteiger partial charge in [-0.2, -0.15) is 0 Å². The average molecular weight is 263 g/mol. The highest BCUT2D eigenvalue weighted by atomic mass is 15.3. The maximum Gasteiger partial charge on any atom is 0.132 e. The minimum atomic E-state index is 0.451. The number of rotatable bonds is 5. The van der Waals surface area contributed by atoms with Crippen LogP contribution in [-0.2, 0) is 0 Å². The minimum Gasteiger partial charge on any atom is -0.354 e. The molecule has 1 aromatic rings. The zero-order valence-electron chi connectivity index (χ0n) is 12.0. The number of nitrogens with two attached hydrogens (primary N) is 1. The molecule has 1 aromatic heterocycles. The predicted molar refractivity (Wildman–Crippen MR) is 78.4 cm³/mol. The monoisotopic (exact) mass is 263 g/mol. The zero-order chi connectivity index (χ0) is 13.7. The second-order valence-corrected chi connectivity index (χ2v) is 5.43. The van der Waals surface area contributed by atoms with Crippen LogP contribution < -0.4 is 10.6 Å². The summed E-state index contributed by atoms with van der Waals surface area (Å²) < 4.78 is 0. The Morgan fingerprint density at radius 1 is 1.21 bits per heavy atom. The largest absolute Gasteiger partial charge is 0.354 e. The van der Waals surface area contributed by atoms with Gasteiger partial charge in [-0.25, -0.2) is 9.97 Å². The second-order valence-electron chi connectivity index (χ2n) is 5.43. The zero-order valence-corrected chi connectivity index (χ0v) is 12.0. The average Bonchev–Trinajstić information content (AvgIpc) is 2.46. The van der Waals surface area contributed by atoms with Crippen LogP contribution in [0.2, 0.25) is 0 Å². The first-order valence-corrected chi connectivity index (χ1v) is 7.20. The molecule has 0 radical (unpaired) electrons. The molecule has 0 aromatic carbocycles. The molecule has 1 aliphatic rings. The molecule has 0 saturated carbocycles. The molecule has 1 saturated heterocycles. The predicted octanol–water partition coefficient (Wildman–Crippen LogP) is 1.07. The van der Waals surface area contributed by atoms with Crippen molar-refractivity contribution in [3.05, 3.63) is 18.1 Å². The van der Waals surface area contributed by atoms with E-state index in [4.69, 9.17) is 5.73 Å². The van der Waals surface area contributed by atoms with Crippen LogP contribution in [0.1, 0.15) is 31.9 Å². The third-order valence-electron chi connectivity index (χ3n) is 3.64. The number of nitrogens with zero attached hydrogens (tertiary/aromatic N) is 4. The van der Waals surface area contributed by atoms with Crippen molar-refractivity contribution in [2.45, 2.75) is 26.2 Å². The van der Waals surface area contributed by atoms with E-state index in [9.17, 15) is 0 Å². The fourth-order valence-corrected chi connectivity index (χ4v) is 2.37. The van der Waals surface area contributed by atoms with Gasteiger partial charge in [-0.3, -0.25) is 4.90 Å². The topological polar surface area (TPSA) is 58.3 Å². The summed E-state index contributed by atoms with van der Waals surface area (Å²) in [6, 6.07) is 2.13. The fourth-order valence-electron chi connectivity index (χ4n) is 2.37. The Hall–Kier alpha value is -1.20. The first-order chi connectivity index (χ1) is 9.20. The van der Waals surface area contributed by atoms with Crippen molar-refractivity contribution in [2.24, 2.45) is 5.73 Å². The van der Waals surface area contributed by atoms with Crippen LogP contribution >= 0.6 is 0 Å². The van der Waals surface area contributed by atoms with Gasteiger partial charge in [-0.05, 0) is 25.4 Å². The molecule has 106 valence electrons. The first kappa shape index (κ1) is 14.2. The van der Waals surface area contributed by atoms with E-state index in [1.807, 2.05) is 0 Å². The van der Waals surface area contributed by atoms with Crippen molar-refractivity contribution in [2.75, 3.05) is 44.2 Å². The van der Waals surface area contributed by atoms with Crippen molar-refractivity contribution in [1.82, 2.24) is 14.9 Å². The van der Waals surface area contributed by atoms with E-state index in [-0.39, 0.29) is 0 Å². The lowest BCUT2D eigenvalue weighted by atomic mass is 10.1. The number of anilines is 1. The summed E-state index contributed by atoms with van der Waals surface area (Å²) in [7, 11) is 0. The van der Waals surface area contributed by atoms with Gasteiger partial charge in [0.25, 0.3) is 0 Å². The Balaban J connectivity index is 1.92. The molecule has 5 nitrogen and oxygen atoms in total. The summed E-state index contributed by atoms with van der Waals surface area (Å²) in [6.45, 7) is 10.5. The van der Waals surface area contributed by atoms with Gasteiger partial charge in [0.1, 0.15) is 12.1 Å². The van der Waals surface area contributed by atoms with Crippen LogP contribution in [0.15, 0.2) is 12.4 Å². The highest BCUT2D eigenvalue weighted by Crippen LogP contribution is 2.18. The molecule has 0 aliphatic carbocycles. The molecular weight excluding hydrogens is 238 g/mol. The maximum atomic E-state index is 5.55. The summed E-state index contributed by atoms with van der Waals surface area (Å²) in [5.74, 6) is 1.52. The van der Waals surface area contributed by atoms with Crippen molar-refractivity contribution < 1.29 is 0 Å². The van der Waals surface area contributed by atoms with Gasteiger partial charge in [0.05, 0.1) is 0 Å². The van der Waals surface area contributed by atoms with Crippen molar-refractivity contribution in [3.8, 4) is 0 Å². The fraction of sp³-hybridized carbons (Fsp3) is 0.714. The summed E-state index contributed by atoms with van der Waals surface area (Å²) in [5, 5.41) is 0. The molecule has 2 heterocycles. The van der Waals surface area contributed by atoms with E-state index in [1.165, 1.54) is 0 Å². The third-order valence-corrected chi connectivity index (χ3v) is 3.64. The summed E-state index contributed by atoms with van der Waals surface area (Å²) >= 11 is 0. The highest BCUT2D eigenvalue weighted by molar-refractivity contribution is 5.40. The van der Waals surface area contributed by atoms with Crippen molar-refractivity contribution >= 4 is 5.82 Å². The second kappa shape index (κ2) is 6.82. The summed E-state index contributed by atoms with van der Waals surface area (Å²) in [5.41, 5.74) is 6.68. The normalized spacial score (nSPS) is 17.2. The van der Waals surface area contributed by atoms with E-state index in [1.54, 1.807) is 6.33 Å². The lowest BCUT2D eigenvalue weighted by Crippen LogP contribution is -2.47. The molecule has 0 unspecified atom stereocenters. The van der Waals surface area contributed by atoms with Crippen LogP contribution in [0.4, 0.5) is 5.82 Å². The highest BCUT2D eigenvalue weighted by Gasteiger charge is 2.18. The van der Waals surface area contributed by atoms with Gasteiger partial charge in [-0.15, -0.1) is 0 Å². The number of piperazine rings is 1. The van der Waals surface area contributed by atoms with Gasteiger partial charge in [-0.1, -0.05) is 13.8 Å². The van der Waals surface area contributed by atoms with Crippen LogP contribution in [-0.4, -0.2) is 54.1 Å². The van der Waals surface area contributed by atoms with Crippen molar-refractivity contribution in [1.29, 1.82) is 0 Å². The van der Waals surface area contributed by atoms with E-state index in [0.717, 1.165) is 57.2 Å². The molecule has 0 spiro atoms. The lowest BCUT2D eigenvalue weighted by molar-refractivity contribution is 0.256. The van der Waals surface area contributed by atoms with Gasteiger partial charge in [0.2, 0.25) is 0 Å². The Morgan fingerprint density at radius 3 is 2.58 bits per heavy atom. The number of hydrogen-bond donors (Lipinski definition) is 1. The van der Waals surface area contributed by atoms with Crippen LogP contribution in [0, 0.1) is 0 Å². The van der Waals surface area contributed by atoms with E-state index >= 15 is 0 Å². The molecule has 2 rings (SSSR count). The van der Waals surface area contributed by atoms with Gasteiger partial charge in [0.15, 0.2) is 0 Å². The smallest absolute Gasteiger partial charge is 0.132 e. The quantitative estimate of drug-likeness (QED) is 0.861. The van der Waals surface area contributed by atoms with Crippen LogP contribution in [0.5, 0.6) is 0 Å². The molecule has 19 heavy (non-hydrogen) atoms. The first-order valence-electron chi connectivity index (χ1n) is 7.20. The van der Waals surface area contributed by atoms with Crippen LogP contribution in [0.25, 0.3) is 0 Å². The van der Waals surface area contributed by atoms with Crippen molar-refractivity contribution in [3.63, 3.8) is 0 Å². The molecule has 0 bridgehead atoms. The van der Waals surface area contributed by atoms with E-state index in [0.29, 0.717) is 5.92 Å². The molecule has 1 fully saturated rings. The summed E-state index contributed by atoms with van der Waals surface area (Å²) in [6.07, 6.45) is 2.77.